The van der Waals surface area contributed by atoms with Gasteiger partial charge in [-0.1, -0.05) is 6.07 Å². The van der Waals surface area contributed by atoms with Gasteiger partial charge in [-0.3, -0.25) is 0 Å². The highest BCUT2D eigenvalue weighted by Gasteiger charge is 2.53. The third kappa shape index (κ3) is 7.41. The first-order valence-corrected chi connectivity index (χ1v) is 13.6. The first kappa shape index (κ1) is 30.4. The van der Waals surface area contributed by atoms with E-state index in [1.807, 2.05) is 6.92 Å². The van der Waals surface area contributed by atoms with Gasteiger partial charge in [0.15, 0.2) is 6.17 Å². The Labute approximate surface area is 238 Å². The van der Waals surface area contributed by atoms with Crippen LogP contribution in [-0.2, 0) is 10.3 Å². The molecule has 0 aliphatic carbocycles. The number of hydrogen-bond acceptors (Lipinski definition) is 9. The number of anilines is 2. The lowest BCUT2D eigenvalue weighted by molar-refractivity contribution is -0.258. The lowest BCUT2D eigenvalue weighted by atomic mass is 10.1. The maximum Gasteiger partial charge on any atom is 0.423 e. The normalized spacial score (nSPS) is 19.4. The summed E-state index contributed by atoms with van der Waals surface area (Å²) in [4.78, 5) is 26.3. The average molecular weight is 598 g/mol. The van der Waals surface area contributed by atoms with E-state index < -0.39 is 40.8 Å². The van der Waals surface area contributed by atoms with Crippen molar-refractivity contribution < 1.29 is 36.9 Å². The van der Waals surface area contributed by atoms with Crippen LogP contribution < -0.4 is 10.1 Å². The maximum atomic E-state index is 14.9. The standard InChI is InChI=1S/C27H31F4N5O4S/c1-15-10-16(20-13-33-22(41-20)26(5,38)27(29,30)31)12-17(11-15)34-23-32-8-6-21(35-23)39-19-7-9-36(14-18(19)28)24(37)40-25(2,3)4/h6,8,10-13,18-19,38H,7,9,14H2,1-5H3,(H,32,34,35). The molecule has 0 spiro atoms. The van der Waals surface area contributed by atoms with E-state index in [1.165, 1.54) is 23.4 Å². The zero-order valence-electron chi connectivity index (χ0n) is 23.1. The fraction of sp³-hybridized carbons (Fsp3) is 0.481. The molecule has 9 nitrogen and oxygen atoms in total. The summed E-state index contributed by atoms with van der Waals surface area (Å²) in [6.07, 6.45) is -4.76. The highest BCUT2D eigenvalue weighted by atomic mass is 32.1. The van der Waals surface area contributed by atoms with E-state index in [1.54, 1.807) is 39.0 Å². The van der Waals surface area contributed by atoms with E-state index in [-0.39, 0.29) is 31.3 Å². The van der Waals surface area contributed by atoms with Crippen LogP contribution in [0.15, 0.2) is 36.7 Å². The van der Waals surface area contributed by atoms with E-state index >= 15 is 0 Å². The van der Waals surface area contributed by atoms with Gasteiger partial charge in [0.05, 0.1) is 11.4 Å². The lowest BCUT2D eigenvalue weighted by Gasteiger charge is -2.35. The number of ether oxygens (including phenoxy) is 2. The number of rotatable bonds is 6. The van der Waals surface area contributed by atoms with Crippen molar-refractivity contribution >= 4 is 29.1 Å². The number of carbonyl (C=O) groups excluding carboxylic acids is 1. The van der Waals surface area contributed by atoms with Gasteiger partial charge in [0, 0.05) is 37.1 Å². The van der Waals surface area contributed by atoms with Crippen LogP contribution in [0.2, 0.25) is 0 Å². The largest absolute Gasteiger partial charge is 0.471 e. The van der Waals surface area contributed by atoms with E-state index in [0.29, 0.717) is 23.1 Å². The van der Waals surface area contributed by atoms with Crippen LogP contribution in [0.1, 0.15) is 44.7 Å². The number of nitrogens with one attached hydrogen (secondary N) is 1. The fourth-order valence-corrected chi connectivity index (χ4v) is 4.98. The molecular weight excluding hydrogens is 566 g/mol. The molecule has 1 aliphatic rings. The Hall–Kier alpha value is -3.52. The molecule has 0 bridgehead atoms. The van der Waals surface area contributed by atoms with Crippen molar-refractivity contribution in [2.45, 2.75) is 70.7 Å². The van der Waals surface area contributed by atoms with Gasteiger partial charge in [0.1, 0.15) is 16.7 Å². The Morgan fingerprint density at radius 2 is 1.90 bits per heavy atom. The monoisotopic (exact) mass is 597 g/mol. The molecular formula is C27H31F4N5O4S. The van der Waals surface area contributed by atoms with Crippen LogP contribution in [0.5, 0.6) is 5.88 Å². The topological polar surface area (TPSA) is 110 Å². The molecule has 0 saturated carbocycles. The molecule has 1 amide bonds. The molecule has 14 heteroatoms. The molecule has 3 atom stereocenters. The lowest BCUT2D eigenvalue weighted by Crippen LogP contribution is -2.50. The number of nitrogens with zero attached hydrogens (tertiary/aromatic N) is 4. The summed E-state index contributed by atoms with van der Waals surface area (Å²) in [5.41, 5.74) is -1.83. The number of thiazole rings is 1. The molecule has 0 radical (unpaired) electrons. The molecule has 1 aromatic carbocycles. The molecule has 1 aliphatic heterocycles. The number of amides is 1. The third-order valence-corrected chi connectivity index (χ3v) is 7.38. The van der Waals surface area contributed by atoms with Crippen LogP contribution >= 0.6 is 11.3 Å². The van der Waals surface area contributed by atoms with Gasteiger partial charge in [-0.05, 0) is 57.9 Å². The number of aromatic nitrogens is 3. The van der Waals surface area contributed by atoms with Gasteiger partial charge < -0.3 is 24.8 Å². The van der Waals surface area contributed by atoms with Gasteiger partial charge in [0.25, 0.3) is 0 Å². The van der Waals surface area contributed by atoms with Gasteiger partial charge in [-0.2, -0.15) is 18.2 Å². The van der Waals surface area contributed by atoms with E-state index in [9.17, 15) is 27.5 Å². The molecule has 2 aromatic heterocycles. The Morgan fingerprint density at radius 3 is 2.56 bits per heavy atom. The summed E-state index contributed by atoms with van der Waals surface area (Å²) in [5.74, 6) is 0.292. The number of aryl methyl sites for hydroxylation is 1. The molecule has 222 valence electrons. The van der Waals surface area contributed by atoms with Gasteiger partial charge in [-0.15, -0.1) is 11.3 Å². The van der Waals surface area contributed by atoms with Crippen molar-refractivity contribution in [1.29, 1.82) is 0 Å². The summed E-state index contributed by atoms with van der Waals surface area (Å²) in [6, 6.07) is 6.74. The molecule has 41 heavy (non-hydrogen) atoms. The van der Waals surface area contributed by atoms with Crippen molar-refractivity contribution in [2.75, 3.05) is 18.4 Å². The number of piperidine rings is 1. The summed E-state index contributed by atoms with van der Waals surface area (Å²) in [6.45, 7) is 7.80. The molecule has 4 rings (SSSR count). The zero-order valence-corrected chi connectivity index (χ0v) is 23.9. The van der Waals surface area contributed by atoms with Gasteiger partial charge >= 0.3 is 12.3 Å². The molecule has 3 aromatic rings. The second kappa shape index (κ2) is 11.4. The van der Waals surface area contributed by atoms with Gasteiger partial charge in [0.2, 0.25) is 17.4 Å². The van der Waals surface area contributed by atoms with Crippen LogP contribution in [0.4, 0.5) is 34.0 Å². The highest BCUT2D eigenvalue weighted by Crippen LogP contribution is 2.42. The van der Waals surface area contributed by atoms with Crippen LogP contribution in [0.25, 0.3) is 10.4 Å². The van der Waals surface area contributed by atoms with Crippen molar-refractivity contribution in [3.05, 3.63) is 47.2 Å². The molecule has 1 saturated heterocycles. The number of alkyl halides is 4. The number of halogens is 4. The van der Waals surface area contributed by atoms with Gasteiger partial charge in [-0.25, -0.2) is 19.2 Å². The maximum absolute atomic E-state index is 14.9. The van der Waals surface area contributed by atoms with E-state index in [4.69, 9.17) is 9.47 Å². The second-order valence-corrected chi connectivity index (χ2v) is 11.9. The van der Waals surface area contributed by atoms with Crippen molar-refractivity contribution in [3.63, 3.8) is 0 Å². The third-order valence-electron chi connectivity index (χ3n) is 6.13. The minimum absolute atomic E-state index is 0.134. The van der Waals surface area contributed by atoms with E-state index in [0.717, 1.165) is 16.9 Å². The average Bonchev–Trinajstić information content (AvgIpc) is 3.35. The molecule has 2 N–H and O–H groups in total. The van der Waals surface area contributed by atoms with Crippen molar-refractivity contribution in [1.82, 2.24) is 19.9 Å². The molecule has 3 unspecified atom stereocenters. The summed E-state index contributed by atoms with van der Waals surface area (Å²) in [5, 5.41) is 12.5. The first-order chi connectivity index (χ1) is 19.0. The van der Waals surface area contributed by atoms with Crippen LogP contribution in [-0.4, -0.2) is 68.2 Å². The number of hydrogen-bond donors (Lipinski definition) is 2. The summed E-state index contributed by atoms with van der Waals surface area (Å²) >= 11 is 0.742. The zero-order chi connectivity index (χ0) is 30.2. The number of benzene rings is 1. The molecule has 1 fully saturated rings. The highest BCUT2D eigenvalue weighted by molar-refractivity contribution is 7.15. The minimum Gasteiger partial charge on any atom is -0.471 e. The second-order valence-electron chi connectivity index (χ2n) is 10.9. The van der Waals surface area contributed by atoms with Crippen LogP contribution in [0.3, 0.4) is 0 Å². The van der Waals surface area contributed by atoms with E-state index in [2.05, 4.69) is 20.3 Å². The molecule has 3 heterocycles. The Morgan fingerprint density at radius 1 is 1.17 bits per heavy atom. The minimum atomic E-state index is -4.87. The SMILES string of the molecule is Cc1cc(Nc2nccc(OC3CCN(C(=O)OC(C)(C)C)CC3F)n2)cc(-c2cnc(C(C)(O)C(F)(F)F)s2)c1. The Balaban J connectivity index is 1.44. The summed E-state index contributed by atoms with van der Waals surface area (Å²) in [7, 11) is 0. The Kier molecular flexibility index (Phi) is 8.46. The predicted molar refractivity (Wildman–Crippen MR) is 145 cm³/mol. The number of carbonyl (C=O) groups is 1. The smallest absolute Gasteiger partial charge is 0.423 e. The van der Waals surface area contributed by atoms with Crippen molar-refractivity contribution in [3.8, 4) is 16.3 Å². The number of likely N-dealkylation sites (tertiary alicyclic amines) is 1. The van der Waals surface area contributed by atoms with Crippen LogP contribution in [0, 0.1) is 6.92 Å². The number of aliphatic hydroxyl groups is 1. The first-order valence-electron chi connectivity index (χ1n) is 12.8. The Bertz CT molecular complexity index is 1390. The predicted octanol–water partition coefficient (Wildman–Crippen LogP) is 6.15. The fourth-order valence-electron chi connectivity index (χ4n) is 4.01. The quantitative estimate of drug-likeness (QED) is 0.326. The van der Waals surface area contributed by atoms with Crippen molar-refractivity contribution in [2.24, 2.45) is 0 Å². The summed E-state index contributed by atoms with van der Waals surface area (Å²) < 4.78 is 65.7.